The lowest BCUT2D eigenvalue weighted by atomic mass is 9.95. The molecule has 154 valence electrons. The molecule has 0 aromatic carbocycles. The third-order valence-electron chi connectivity index (χ3n) is 3.93. The molecule has 0 unspecified atom stereocenters. The largest absolute Gasteiger partial charge is 0.444 e. The second kappa shape index (κ2) is 8.41. The molecular weight excluding hydrogens is 374 g/mol. The number of rotatable bonds is 6. The molecule has 9 nitrogen and oxygen atoms in total. The summed E-state index contributed by atoms with van der Waals surface area (Å²) < 4.78 is 6.54. The number of nitrogens with zero attached hydrogens (tertiary/aromatic N) is 4. The van der Waals surface area contributed by atoms with Crippen LogP contribution in [0, 0.1) is 13.5 Å². The standard InChI is InChI=1S/C20H25N5O4/c1-13-7-14(9-22-17(13)21-6)8-16(26)20(5,28)12-25-11-15(10-23-25)24-18(27)29-19(2,3)4/h7,9-11,28H,8,12H2,1-5H3,(H,24,27)/t20-/m0/s1. The van der Waals surface area contributed by atoms with Gasteiger partial charge < -0.3 is 14.7 Å². The molecule has 0 radical (unpaired) electrons. The van der Waals surface area contributed by atoms with Gasteiger partial charge in [-0.15, -0.1) is 4.98 Å². The number of Topliss-reactive ketones (excluding diaryl/α,β-unsaturated/α-hetero) is 1. The van der Waals surface area contributed by atoms with E-state index >= 15 is 0 Å². The van der Waals surface area contributed by atoms with Crippen molar-refractivity contribution < 1.29 is 19.4 Å². The number of aliphatic hydroxyl groups is 1. The van der Waals surface area contributed by atoms with Gasteiger partial charge >= 0.3 is 6.09 Å². The highest BCUT2D eigenvalue weighted by molar-refractivity contribution is 5.88. The maximum atomic E-state index is 12.6. The fraction of sp³-hybridized carbons (Fsp3) is 0.450. The molecule has 1 amide bonds. The van der Waals surface area contributed by atoms with Gasteiger partial charge in [-0.2, -0.15) is 5.10 Å². The van der Waals surface area contributed by atoms with E-state index in [1.165, 1.54) is 30.2 Å². The van der Waals surface area contributed by atoms with Gasteiger partial charge in [-0.25, -0.2) is 4.79 Å². The first-order chi connectivity index (χ1) is 13.4. The SMILES string of the molecule is [C-]#[N+]c1ncc(CC(=O)[C@@](C)(O)Cn2cc(NC(=O)OC(C)(C)C)cn2)cc1C. The maximum Gasteiger partial charge on any atom is 0.412 e. The van der Waals surface area contributed by atoms with Gasteiger partial charge in [-0.05, 0) is 40.2 Å². The zero-order valence-corrected chi connectivity index (χ0v) is 17.2. The van der Waals surface area contributed by atoms with Crippen LogP contribution < -0.4 is 5.32 Å². The van der Waals surface area contributed by atoms with Crippen molar-refractivity contribution in [2.45, 2.75) is 58.8 Å². The summed E-state index contributed by atoms with van der Waals surface area (Å²) in [7, 11) is 0. The Morgan fingerprint density at radius 1 is 1.31 bits per heavy atom. The highest BCUT2D eigenvalue weighted by atomic mass is 16.6. The Morgan fingerprint density at radius 3 is 2.59 bits per heavy atom. The topological polar surface area (TPSA) is 111 Å². The molecule has 0 saturated carbocycles. The third kappa shape index (κ3) is 6.40. The fourth-order valence-electron chi connectivity index (χ4n) is 2.55. The molecule has 29 heavy (non-hydrogen) atoms. The van der Waals surface area contributed by atoms with Gasteiger partial charge in [0.2, 0.25) is 0 Å². The van der Waals surface area contributed by atoms with Gasteiger partial charge in [0.1, 0.15) is 17.4 Å². The van der Waals surface area contributed by atoms with Crippen LogP contribution >= 0.6 is 0 Å². The Bertz CT molecular complexity index is 951. The summed E-state index contributed by atoms with van der Waals surface area (Å²) in [4.78, 5) is 31.7. The molecule has 2 rings (SSSR count). The Labute approximate surface area is 169 Å². The van der Waals surface area contributed by atoms with E-state index in [0.29, 0.717) is 16.8 Å². The number of ketones is 1. The first-order valence-corrected chi connectivity index (χ1v) is 9.01. The number of aryl methyl sites for hydroxylation is 1. The zero-order valence-electron chi connectivity index (χ0n) is 17.2. The second-order valence-corrected chi connectivity index (χ2v) is 8.02. The molecule has 0 fully saturated rings. The monoisotopic (exact) mass is 399 g/mol. The first-order valence-electron chi connectivity index (χ1n) is 9.01. The fourth-order valence-corrected chi connectivity index (χ4v) is 2.55. The lowest BCUT2D eigenvalue weighted by Gasteiger charge is -2.21. The molecule has 2 heterocycles. The summed E-state index contributed by atoms with van der Waals surface area (Å²) >= 11 is 0. The normalized spacial score (nSPS) is 13.3. The van der Waals surface area contributed by atoms with E-state index in [9.17, 15) is 14.7 Å². The Balaban J connectivity index is 2.01. The van der Waals surface area contributed by atoms with Gasteiger partial charge in [0.05, 0.1) is 18.4 Å². The number of hydrogen-bond acceptors (Lipinski definition) is 6. The van der Waals surface area contributed by atoms with Crippen LogP contribution in [0.1, 0.15) is 38.8 Å². The third-order valence-corrected chi connectivity index (χ3v) is 3.93. The van der Waals surface area contributed by atoms with Crippen LogP contribution in [0.5, 0.6) is 0 Å². The number of pyridine rings is 1. The molecule has 2 aromatic rings. The summed E-state index contributed by atoms with van der Waals surface area (Å²) in [6.07, 6.45) is 3.72. The summed E-state index contributed by atoms with van der Waals surface area (Å²) in [5.74, 6) is -0.124. The number of carbonyl (C=O) groups excluding carboxylic acids is 2. The Morgan fingerprint density at radius 2 is 2.00 bits per heavy atom. The van der Waals surface area contributed by atoms with Gasteiger partial charge in [0.25, 0.3) is 5.82 Å². The van der Waals surface area contributed by atoms with Crippen molar-refractivity contribution in [2.24, 2.45) is 0 Å². The van der Waals surface area contributed by atoms with Gasteiger partial charge in [0.15, 0.2) is 5.78 Å². The molecule has 2 aromatic heterocycles. The molecule has 9 heteroatoms. The smallest absolute Gasteiger partial charge is 0.412 e. The van der Waals surface area contributed by atoms with Crippen molar-refractivity contribution in [3.63, 3.8) is 0 Å². The van der Waals surface area contributed by atoms with Crippen LogP contribution in [-0.2, 0) is 22.5 Å². The summed E-state index contributed by atoms with van der Waals surface area (Å²) in [6.45, 7) is 15.3. The number of hydrogen-bond donors (Lipinski definition) is 2. The van der Waals surface area contributed by atoms with E-state index < -0.39 is 23.1 Å². The molecule has 0 aliphatic carbocycles. The second-order valence-electron chi connectivity index (χ2n) is 8.02. The molecule has 0 bridgehead atoms. The number of carbonyl (C=O) groups is 2. The van der Waals surface area contributed by atoms with Crippen LogP contribution in [0.2, 0.25) is 0 Å². The number of nitrogens with one attached hydrogen (secondary N) is 1. The average Bonchev–Trinajstić information content (AvgIpc) is 2.99. The van der Waals surface area contributed by atoms with E-state index in [0.717, 1.165) is 0 Å². The van der Waals surface area contributed by atoms with Crippen molar-refractivity contribution in [1.82, 2.24) is 14.8 Å². The zero-order chi connectivity index (χ0) is 21.8. The lowest BCUT2D eigenvalue weighted by molar-refractivity contribution is -0.136. The number of amides is 1. The molecule has 0 spiro atoms. The number of ether oxygens (including phenoxy) is 1. The van der Waals surface area contributed by atoms with Gasteiger partial charge in [-0.1, -0.05) is 12.6 Å². The van der Waals surface area contributed by atoms with Crippen LogP contribution in [0.15, 0.2) is 24.7 Å². The van der Waals surface area contributed by atoms with Crippen molar-refractivity contribution >= 4 is 23.4 Å². The quantitative estimate of drug-likeness (QED) is 0.723. The van der Waals surface area contributed by atoms with Crippen LogP contribution in [0.25, 0.3) is 4.85 Å². The highest BCUT2D eigenvalue weighted by Crippen LogP contribution is 2.19. The van der Waals surface area contributed by atoms with Crippen molar-refractivity contribution in [3.05, 3.63) is 47.2 Å². The molecular formula is C20H25N5O4. The van der Waals surface area contributed by atoms with Crippen LogP contribution in [-0.4, -0.2) is 42.9 Å². The minimum atomic E-state index is -1.68. The van der Waals surface area contributed by atoms with Crippen LogP contribution in [0.3, 0.4) is 0 Å². The van der Waals surface area contributed by atoms with Crippen molar-refractivity contribution in [2.75, 3.05) is 5.32 Å². The summed E-state index contributed by atoms with van der Waals surface area (Å²) in [5.41, 5.74) is -0.627. The Kier molecular flexibility index (Phi) is 6.39. The average molecular weight is 399 g/mol. The van der Waals surface area contributed by atoms with Gasteiger partial charge in [-0.3, -0.25) is 14.8 Å². The van der Waals surface area contributed by atoms with Gasteiger partial charge in [0, 0.05) is 18.2 Å². The van der Waals surface area contributed by atoms with Crippen molar-refractivity contribution in [1.29, 1.82) is 0 Å². The van der Waals surface area contributed by atoms with E-state index in [4.69, 9.17) is 11.3 Å². The summed E-state index contributed by atoms with van der Waals surface area (Å²) in [6, 6.07) is 1.71. The van der Waals surface area contributed by atoms with Crippen LogP contribution in [0.4, 0.5) is 16.3 Å². The van der Waals surface area contributed by atoms with Crippen molar-refractivity contribution in [3.8, 4) is 0 Å². The van der Waals surface area contributed by atoms with E-state index in [1.54, 1.807) is 33.8 Å². The predicted molar refractivity (Wildman–Crippen MR) is 107 cm³/mol. The molecule has 0 saturated heterocycles. The van der Waals surface area contributed by atoms with E-state index in [-0.39, 0.29) is 18.8 Å². The molecule has 1 atom stereocenters. The summed E-state index contributed by atoms with van der Waals surface area (Å²) in [5, 5.41) is 17.2. The van der Waals surface area contributed by atoms with E-state index in [1.807, 2.05) is 0 Å². The minimum absolute atomic E-state index is 0.0244. The highest BCUT2D eigenvalue weighted by Gasteiger charge is 2.31. The lowest BCUT2D eigenvalue weighted by Crippen LogP contribution is -2.40. The molecule has 0 aliphatic rings. The maximum absolute atomic E-state index is 12.6. The molecule has 2 N–H and O–H groups in total. The molecule has 0 aliphatic heterocycles. The first kappa shape index (κ1) is 22.0. The predicted octanol–water partition coefficient (Wildman–Crippen LogP) is 3.05. The van der Waals surface area contributed by atoms with E-state index in [2.05, 4.69) is 20.2 Å². The number of aromatic nitrogens is 3. The number of anilines is 1. The minimum Gasteiger partial charge on any atom is -0.444 e. The Hall–Kier alpha value is -3.25.